The van der Waals surface area contributed by atoms with E-state index in [2.05, 4.69) is 42.5 Å². The molecule has 4 atom stereocenters. The van der Waals surface area contributed by atoms with Crippen molar-refractivity contribution in [3.05, 3.63) is 33.3 Å². The number of nitrogens with zero attached hydrogens (tertiary/aromatic N) is 3. The van der Waals surface area contributed by atoms with Gasteiger partial charge >= 0.3 is 0 Å². The molecule has 0 bridgehead atoms. The van der Waals surface area contributed by atoms with E-state index in [1.165, 1.54) is 15.3 Å². The number of hydrogen-bond donors (Lipinski definition) is 1. The van der Waals surface area contributed by atoms with Crippen molar-refractivity contribution >= 4 is 11.3 Å². The van der Waals surface area contributed by atoms with Crippen LogP contribution in [0.15, 0.2) is 12.3 Å². The Morgan fingerprint density at radius 3 is 2.96 bits per heavy atom. The molecule has 0 saturated carbocycles. The van der Waals surface area contributed by atoms with Gasteiger partial charge in [-0.2, -0.15) is 0 Å². The summed E-state index contributed by atoms with van der Waals surface area (Å²) in [7, 11) is 1.92. The molecule has 2 aliphatic rings. The molecule has 4 heterocycles. The summed E-state index contributed by atoms with van der Waals surface area (Å²) in [6.45, 7) is 7.59. The smallest absolute Gasteiger partial charge is 0.0997 e. The van der Waals surface area contributed by atoms with Gasteiger partial charge in [0.2, 0.25) is 0 Å². The van der Waals surface area contributed by atoms with Gasteiger partial charge in [0.1, 0.15) is 0 Å². The minimum Gasteiger partial charge on any atom is -0.369 e. The van der Waals surface area contributed by atoms with Crippen LogP contribution < -0.4 is 5.32 Å². The van der Waals surface area contributed by atoms with E-state index in [4.69, 9.17) is 4.74 Å². The molecule has 2 aromatic heterocycles. The molecule has 2 aromatic rings. The van der Waals surface area contributed by atoms with E-state index in [0.717, 1.165) is 31.6 Å². The fourth-order valence-electron chi connectivity index (χ4n) is 4.21. The normalized spacial score (nSPS) is 32.9. The first-order chi connectivity index (χ1) is 11.5. The van der Waals surface area contributed by atoms with Crippen molar-refractivity contribution in [3.63, 3.8) is 0 Å². The maximum atomic E-state index is 6.54. The highest BCUT2D eigenvalue weighted by Gasteiger charge is 2.47. The van der Waals surface area contributed by atoms with Crippen molar-refractivity contribution < 1.29 is 4.74 Å². The molecule has 1 N–H and O–H groups in total. The van der Waals surface area contributed by atoms with Gasteiger partial charge in [-0.1, -0.05) is 19.1 Å². The largest absolute Gasteiger partial charge is 0.369 e. The lowest BCUT2D eigenvalue weighted by molar-refractivity contribution is -0.104. The number of ether oxygens (including phenoxy) is 1. The second kappa shape index (κ2) is 5.93. The van der Waals surface area contributed by atoms with Crippen LogP contribution >= 0.6 is 11.3 Å². The van der Waals surface area contributed by atoms with Crippen molar-refractivity contribution in [2.24, 2.45) is 7.05 Å². The second-order valence-corrected chi connectivity index (χ2v) is 8.56. The van der Waals surface area contributed by atoms with Crippen molar-refractivity contribution in [2.75, 3.05) is 6.61 Å². The summed E-state index contributed by atoms with van der Waals surface area (Å²) in [5, 5.41) is 12.1. The average Bonchev–Trinajstić information content (AvgIpc) is 3.18. The third-order valence-electron chi connectivity index (χ3n) is 5.34. The summed E-state index contributed by atoms with van der Waals surface area (Å²) >= 11 is 1.98. The molecule has 5 nitrogen and oxygen atoms in total. The van der Waals surface area contributed by atoms with Crippen LogP contribution in [0, 0.1) is 0 Å². The van der Waals surface area contributed by atoms with Crippen LogP contribution in [0.25, 0.3) is 0 Å². The van der Waals surface area contributed by atoms with Crippen LogP contribution in [0.1, 0.15) is 66.6 Å². The summed E-state index contributed by atoms with van der Waals surface area (Å²) in [5.74, 6) is 0.496. The first kappa shape index (κ1) is 16.2. The van der Waals surface area contributed by atoms with Crippen LogP contribution in [-0.2, 0) is 23.8 Å². The van der Waals surface area contributed by atoms with Crippen LogP contribution in [0.5, 0.6) is 0 Å². The van der Waals surface area contributed by atoms with Gasteiger partial charge in [-0.05, 0) is 31.4 Å². The van der Waals surface area contributed by atoms with Crippen molar-refractivity contribution in [1.29, 1.82) is 0 Å². The predicted molar refractivity (Wildman–Crippen MR) is 95.3 cm³/mol. The van der Waals surface area contributed by atoms with E-state index in [9.17, 15) is 0 Å². The molecule has 2 aliphatic heterocycles. The molecule has 0 amide bonds. The summed E-state index contributed by atoms with van der Waals surface area (Å²) in [4.78, 5) is 3.00. The molecule has 24 heavy (non-hydrogen) atoms. The Labute approximate surface area is 147 Å². The summed E-state index contributed by atoms with van der Waals surface area (Å²) < 4.78 is 8.32. The Morgan fingerprint density at radius 1 is 1.42 bits per heavy atom. The SMILES string of the molecule is CCc1cc2c(s1)C(C)CO[C@@]21C[C@@H](c2cn(C)nn2)N[C@@H](C)C1. The Kier molecular flexibility index (Phi) is 4.01. The third-order valence-corrected chi connectivity index (χ3v) is 6.85. The highest BCUT2D eigenvalue weighted by Crippen LogP contribution is 2.50. The molecular weight excluding hydrogens is 320 g/mol. The number of aryl methyl sites for hydroxylation is 2. The monoisotopic (exact) mass is 346 g/mol. The first-order valence-corrected chi connectivity index (χ1v) is 9.71. The minimum absolute atomic E-state index is 0.182. The Hall–Kier alpha value is -1.24. The van der Waals surface area contributed by atoms with Crippen molar-refractivity contribution in [2.45, 2.75) is 63.6 Å². The number of thiophene rings is 1. The minimum atomic E-state index is -0.182. The lowest BCUT2D eigenvalue weighted by atomic mass is 9.75. The van der Waals surface area contributed by atoms with Crippen LogP contribution in [0.4, 0.5) is 0 Å². The summed E-state index contributed by atoms with van der Waals surface area (Å²) in [6.07, 6.45) is 5.06. The van der Waals surface area contributed by atoms with Crippen LogP contribution in [0.2, 0.25) is 0 Å². The van der Waals surface area contributed by atoms with E-state index in [1.54, 1.807) is 4.68 Å². The number of rotatable bonds is 2. The standard InChI is InChI=1S/C18H26N4OS/c1-5-13-6-14-17(24-13)11(2)10-23-18(14)7-12(3)19-15(8-18)16-9-22(4)21-20-16/h6,9,11-12,15,19H,5,7-8,10H2,1-4H3/t11?,12-,15-,18-/m0/s1. The Balaban J connectivity index is 1.74. The van der Waals surface area contributed by atoms with Gasteiger partial charge in [-0.3, -0.25) is 4.68 Å². The average molecular weight is 347 g/mol. The Bertz CT molecular complexity index is 739. The maximum Gasteiger partial charge on any atom is 0.0997 e. The summed E-state index contributed by atoms with van der Waals surface area (Å²) in [5.41, 5.74) is 2.27. The van der Waals surface area contributed by atoms with Crippen molar-refractivity contribution in [1.82, 2.24) is 20.3 Å². The number of aromatic nitrogens is 3. The number of hydrogen-bond acceptors (Lipinski definition) is 5. The maximum absolute atomic E-state index is 6.54. The summed E-state index contributed by atoms with van der Waals surface area (Å²) in [6, 6.07) is 2.98. The molecule has 0 aliphatic carbocycles. The first-order valence-electron chi connectivity index (χ1n) is 8.90. The van der Waals surface area contributed by atoms with E-state index in [-0.39, 0.29) is 11.6 Å². The van der Waals surface area contributed by atoms with Gasteiger partial charge in [0.05, 0.1) is 23.9 Å². The van der Waals surface area contributed by atoms with Gasteiger partial charge < -0.3 is 10.1 Å². The van der Waals surface area contributed by atoms with Gasteiger partial charge in [-0.25, -0.2) is 0 Å². The van der Waals surface area contributed by atoms with E-state index in [0.29, 0.717) is 12.0 Å². The third kappa shape index (κ3) is 2.61. The zero-order valence-electron chi connectivity index (χ0n) is 14.9. The Morgan fingerprint density at radius 2 is 2.25 bits per heavy atom. The highest BCUT2D eigenvalue weighted by atomic mass is 32.1. The molecule has 0 radical (unpaired) electrons. The molecule has 6 heteroatoms. The van der Waals surface area contributed by atoms with Gasteiger partial charge in [-0.15, -0.1) is 16.4 Å². The number of piperidine rings is 1. The second-order valence-electron chi connectivity index (χ2n) is 7.40. The highest BCUT2D eigenvalue weighted by molar-refractivity contribution is 7.12. The molecule has 0 aromatic carbocycles. The number of nitrogens with one attached hydrogen (secondary N) is 1. The quantitative estimate of drug-likeness (QED) is 0.907. The molecule has 1 saturated heterocycles. The molecule has 130 valence electrons. The lowest BCUT2D eigenvalue weighted by Gasteiger charge is -2.47. The van der Waals surface area contributed by atoms with E-state index in [1.807, 2.05) is 24.6 Å². The molecule has 1 unspecified atom stereocenters. The molecule has 4 rings (SSSR count). The fraction of sp³-hybridized carbons (Fsp3) is 0.667. The fourth-order valence-corrected chi connectivity index (χ4v) is 5.44. The zero-order valence-corrected chi connectivity index (χ0v) is 15.7. The predicted octanol–water partition coefficient (Wildman–Crippen LogP) is 3.28. The van der Waals surface area contributed by atoms with E-state index < -0.39 is 0 Å². The molecule has 1 spiro atoms. The molecule has 1 fully saturated rings. The van der Waals surface area contributed by atoms with Gasteiger partial charge in [0.25, 0.3) is 0 Å². The lowest BCUT2D eigenvalue weighted by Crippen LogP contribution is -2.50. The van der Waals surface area contributed by atoms with Gasteiger partial charge in [0.15, 0.2) is 0 Å². The zero-order chi connectivity index (χ0) is 16.9. The van der Waals surface area contributed by atoms with E-state index >= 15 is 0 Å². The van der Waals surface area contributed by atoms with Crippen LogP contribution in [-0.4, -0.2) is 27.6 Å². The van der Waals surface area contributed by atoms with Gasteiger partial charge in [0, 0.05) is 41.4 Å². The van der Waals surface area contributed by atoms with Crippen molar-refractivity contribution in [3.8, 4) is 0 Å². The molecular formula is C18H26N4OS. The topological polar surface area (TPSA) is 52.0 Å². The number of fused-ring (bicyclic) bond motifs is 2. The van der Waals surface area contributed by atoms with Crippen LogP contribution in [0.3, 0.4) is 0 Å².